The molecule has 0 aliphatic carbocycles. The van der Waals surface area contributed by atoms with E-state index in [2.05, 4.69) is 19.2 Å². The molecule has 0 aromatic rings. The zero-order valence-corrected chi connectivity index (χ0v) is 12.2. The van der Waals surface area contributed by atoms with Crippen molar-refractivity contribution in [2.75, 3.05) is 18.8 Å². The average Bonchev–Trinajstić information content (AvgIpc) is 2.26. The summed E-state index contributed by atoms with van der Waals surface area (Å²) < 4.78 is 0.0667. The van der Waals surface area contributed by atoms with Gasteiger partial charge in [-0.2, -0.15) is 11.8 Å². The van der Waals surface area contributed by atoms with Crippen molar-refractivity contribution in [1.29, 1.82) is 0 Å². The quantitative estimate of drug-likeness (QED) is 0.820. The molecular formula is C12H22N2O3S. The van der Waals surface area contributed by atoms with Gasteiger partial charge in [0, 0.05) is 29.6 Å². The summed E-state index contributed by atoms with van der Waals surface area (Å²) in [6.07, 6.45) is 0. The Bertz CT molecular complexity index is 333. The van der Waals surface area contributed by atoms with Gasteiger partial charge >= 0.3 is 12.0 Å². The lowest BCUT2D eigenvalue weighted by atomic mass is 10.0. The molecule has 0 bridgehead atoms. The van der Waals surface area contributed by atoms with Gasteiger partial charge in [-0.15, -0.1) is 0 Å². The fraction of sp³-hybridized carbons (Fsp3) is 0.833. The van der Waals surface area contributed by atoms with Crippen LogP contribution in [0.2, 0.25) is 0 Å². The summed E-state index contributed by atoms with van der Waals surface area (Å²) in [7, 11) is 0. The highest BCUT2D eigenvalue weighted by Gasteiger charge is 2.31. The second kappa shape index (κ2) is 5.82. The summed E-state index contributed by atoms with van der Waals surface area (Å²) in [4.78, 5) is 24.6. The summed E-state index contributed by atoms with van der Waals surface area (Å²) in [5.41, 5.74) is 0. The van der Waals surface area contributed by atoms with Crippen LogP contribution in [0.3, 0.4) is 0 Å². The molecule has 1 aliphatic heterocycles. The molecule has 1 fully saturated rings. The molecule has 0 aromatic heterocycles. The number of carbonyl (C=O) groups excluding carboxylic acids is 1. The van der Waals surface area contributed by atoms with E-state index < -0.39 is 11.9 Å². The van der Waals surface area contributed by atoms with Crippen molar-refractivity contribution in [1.82, 2.24) is 10.2 Å². The van der Waals surface area contributed by atoms with E-state index in [0.717, 1.165) is 5.75 Å². The van der Waals surface area contributed by atoms with Gasteiger partial charge in [-0.25, -0.2) is 4.79 Å². The molecule has 0 aromatic carbocycles. The molecule has 1 aliphatic rings. The molecule has 0 saturated carbocycles. The van der Waals surface area contributed by atoms with Crippen molar-refractivity contribution in [2.24, 2.45) is 5.92 Å². The van der Waals surface area contributed by atoms with Crippen molar-refractivity contribution < 1.29 is 14.7 Å². The highest BCUT2D eigenvalue weighted by Crippen LogP contribution is 2.29. The summed E-state index contributed by atoms with van der Waals surface area (Å²) >= 11 is 1.86. The lowest BCUT2D eigenvalue weighted by Crippen LogP contribution is -2.53. The molecule has 2 atom stereocenters. The minimum absolute atomic E-state index is 0.0667. The van der Waals surface area contributed by atoms with Crippen LogP contribution in [0.1, 0.15) is 27.7 Å². The number of nitrogens with zero attached hydrogens (tertiary/aromatic N) is 1. The Kier molecular flexibility index (Phi) is 4.90. The number of urea groups is 1. The third-order valence-corrected chi connectivity index (χ3v) is 4.50. The standard InChI is InChI=1S/C12H22N2O3S/c1-8(10(15)16)9(2)13-11(17)14-5-6-18-12(3,4)7-14/h8-9H,5-7H2,1-4H3,(H,13,17)(H,15,16). The Labute approximate surface area is 112 Å². The fourth-order valence-electron chi connectivity index (χ4n) is 1.81. The molecule has 1 rings (SSSR count). The largest absolute Gasteiger partial charge is 0.481 e. The van der Waals surface area contributed by atoms with Crippen LogP contribution in [0, 0.1) is 5.92 Å². The van der Waals surface area contributed by atoms with E-state index in [4.69, 9.17) is 5.11 Å². The van der Waals surface area contributed by atoms with Crippen molar-refractivity contribution >= 4 is 23.8 Å². The molecular weight excluding hydrogens is 252 g/mol. The second-order valence-corrected chi connectivity index (χ2v) is 7.20. The second-order valence-electron chi connectivity index (χ2n) is 5.39. The van der Waals surface area contributed by atoms with E-state index in [9.17, 15) is 9.59 Å². The number of carbonyl (C=O) groups is 2. The van der Waals surface area contributed by atoms with E-state index >= 15 is 0 Å². The molecule has 0 radical (unpaired) electrons. The SMILES string of the molecule is CC(NC(=O)N1CCSC(C)(C)C1)C(C)C(=O)O. The molecule has 2 N–H and O–H groups in total. The zero-order valence-electron chi connectivity index (χ0n) is 11.4. The maximum Gasteiger partial charge on any atom is 0.317 e. The lowest BCUT2D eigenvalue weighted by Gasteiger charge is -2.38. The van der Waals surface area contributed by atoms with E-state index in [0.29, 0.717) is 13.1 Å². The summed E-state index contributed by atoms with van der Waals surface area (Å²) in [5.74, 6) is -0.554. The molecule has 0 spiro atoms. The predicted molar refractivity (Wildman–Crippen MR) is 72.9 cm³/mol. The smallest absolute Gasteiger partial charge is 0.317 e. The first-order valence-electron chi connectivity index (χ1n) is 6.15. The van der Waals surface area contributed by atoms with Crippen LogP contribution in [0.4, 0.5) is 4.79 Å². The van der Waals surface area contributed by atoms with Gasteiger partial charge in [-0.1, -0.05) is 0 Å². The molecule has 18 heavy (non-hydrogen) atoms. The first kappa shape index (κ1) is 15.1. The maximum atomic E-state index is 12.0. The first-order valence-corrected chi connectivity index (χ1v) is 7.14. The van der Waals surface area contributed by atoms with Crippen molar-refractivity contribution in [2.45, 2.75) is 38.5 Å². The Morgan fingerprint density at radius 3 is 2.50 bits per heavy atom. The van der Waals surface area contributed by atoms with Crippen molar-refractivity contribution in [3.05, 3.63) is 0 Å². The monoisotopic (exact) mass is 274 g/mol. The van der Waals surface area contributed by atoms with E-state index in [-0.39, 0.29) is 16.8 Å². The van der Waals surface area contributed by atoms with Crippen molar-refractivity contribution in [3.63, 3.8) is 0 Å². The summed E-state index contributed by atoms with van der Waals surface area (Å²) in [6.45, 7) is 8.95. The van der Waals surface area contributed by atoms with Crippen LogP contribution in [-0.2, 0) is 4.79 Å². The van der Waals surface area contributed by atoms with Gasteiger partial charge in [0.15, 0.2) is 0 Å². The van der Waals surface area contributed by atoms with Gasteiger partial charge in [-0.3, -0.25) is 4.79 Å². The molecule has 5 nitrogen and oxygen atoms in total. The molecule has 1 saturated heterocycles. The highest BCUT2D eigenvalue weighted by atomic mass is 32.2. The van der Waals surface area contributed by atoms with Crippen LogP contribution in [0.25, 0.3) is 0 Å². The number of amides is 2. The van der Waals surface area contributed by atoms with Gasteiger partial charge < -0.3 is 15.3 Å². The van der Waals surface area contributed by atoms with Crippen LogP contribution in [0.15, 0.2) is 0 Å². The minimum atomic E-state index is -0.891. The Morgan fingerprint density at radius 1 is 1.39 bits per heavy atom. The van der Waals surface area contributed by atoms with Crippen LogP contribution < -0.4 is 5.32 Å². The number of carboxylic acid groups (broad SMARTS) is 1. The summed E-state index contributed by atoms with van der Waals surface area (Å²) in [5, 5.41) is 11.7. The fourth-order valence-corrected chi connectivity index (χ4v) is 2.93. The van der Waals surface area contributed by atoms with Gasteiger partial charge in [0.2, 0.25) is 0 Å². The number of hydrogen-bond acceptors (Lipinski definition) is 3. The van der Waals surface area contributed by atoms with Gasteiger partial charge in [0.05, 0.1) is 5.92 Å². The number of aliphatic carboxylic acids is 1. The zero-order chi connectivity index (χ0) is 13.9. The number of rotatable bonds is 3. The summed E-state index contributed by atoms with van der Waals surface area (Å²) in [6, 6.07) is -0.531. The van der Waals surface area contributed by atoms with Gasteiger partial charge in [0.1, 0.15) is 0 Å². The first-order chi connectivity index (χ1) is 8.23. The molecule has 104 valence electrons. The Balaban J connectivity index is 2.52. The molecule has 2 amide bonds. The number of nitrogens with one attached hydrogen (secondary N) is 1. The number of thioether (sulfide) groups is 1. The van der Waals surface area contributed by atoms with E-state index in [1.807, 2.05) is 11.8 Å². The average molecular weight is 274 g/mol. The minimum Gasteiger partial charge on any atom is -0.481 e. The third kappa shape index (κ3) is 4.08. The van der Waals surface area contributed by atoms with Gasteiger partial charge in [0.25, 0.3) is 0 Å². The lowest BCUT2D eigenvalue weighted by molar-refractivity contribution is -0.141. The number of hydrogen-bond donors (Lipinski definition) is 2. The van der Waals surface area contributed by atoms with Gasteiger partial charge in [-0.05, 0) is 27.7 Å². The van der Waals surface area contributed by atoms with Crippen molar-refractivity contribution in [3.8, 4) is 0 Å². The van der Waals surface area contributed by atoms with Crippen LogP contribution in [-0.4, -0.2) is 51.6 Å². The Hall–Kier alpha value is -0.910. The predicted octanol–water partition coefficient (Wildman–Crippen LogP) is 1.63. The van der Waals surface area contributed by atoms with Crippen LogP contribution >= 0.6 is 11.8 Å². The normalized spacial score (nSPS) is 22.1. The maximum absolute atomic E-state index is 12.0. The van der Waals surface area contributed by atoms with E-state index in [1.54, 1.807) is 18.7 Å². The van der Waals surface area contributed by atoms with E-state index in [1.165, 1.54) is 0 Å². The number of carboxylic acids is 1. The molecule has 2 unspecified atom stereocenters. The third-order valence-electron chi connectivity index (χ3n) is 3.20. The van der Waals surface area contributed by atoms with Crippen LogP contribution in [0.5, 0.6) is 0 Å². The Morgan fingerprint density at radius 2 is 2.00 bits per heavy atom. The molecule has 1 heterocycles. The highest BCUT2D eigenvalue weighted by molar-refractivity contribution is 8.00. The molecule has 6 heteroatoms. The topological polar surface area (TPSA) is 69.6 Å².